The number of nitrogens with one attached hydrogen (secondary N) is 1. The maximum atomic E-state index is 13.7. The van der Waals surface area contributed by atoms with Crippen LogP contribution in [0.3, 0.4) is 0 Å². The summed E-state index contributed by atoms with van der Waals surface area (Å²) in [6.07, 6.45) is 0.742. The second-order valence-corrected chi connectivity index (χ2v) is 5.67. The summed E-state index contributed by atoms with van der Waals surface area (Å²) >= 11 is 0. The molecule has 3 N–H and O–H groups in total. The largest absolute Gasteiger partial charge is 0.349 e. The average molecular weight is 250 g/mol. The minimum atomic E-state index is -0.478. The van der Waals surface area contributed by atoms with Crippen molar-refractivity contribution in [2.75, 3.05) is 0 Å². The van der Waals surface area contributed by atoms with Crippen molar-refractivity contribution in [3.05, 3.63) is 35.1 Å². The van der Waals surface area contributed by atoms with E-state index in [0.29, 0.717) is 0 Å². The van der Waals surface area contributed by atoms with Crippen LogP contribution in [0.4, 0.5) is 4.39 Å². The van der Waals surface area contributed by atoms with Crippen LogP contribution in [0.5, 0.6) is 0 Å². The number of hydrogen-bond acceptors (Lipinski definition) is 2. The summed E-state index contributed by atoms with van der Waals surface area (Å²) in [6.45, 7) is 5.81. The zero-order chi connectivity index (χ0) is 13.5. The molecule has 1 saturated carbocycles. The highest BCUT2D eigenvalue weighted by atomic mass is 19.1. The minimum Gasteiger partial charge on any atom is -0.349 e. The molecule has 1 aromatic carbocycles. The predicted octanol–water partition coefficient (Wildman–Crippen LogP) is 1.99. The topological polar surface area (TPSA) is 55.1 Å². The molecule has 98 valence electrons. The number of amides is 1. The summed E-state index contributed by atoms with van der Waals surface area (Å²) < 4.78 is 13.7. The number of benzene rings is 1. The normalized spacial score (nSPS) is 25.4. The Morgan fingerprint density at radius 3 is 2.67 bits per heavy atom. The minimum absolute atomic E-state index is 0.0145. The summed E-state index contributed by atoms with van der Waals surface area (Å²) in [5.74, 6) is -0.841. The van der Waals surface area contributed by atoms with Crippen molar-refractivity contribution < 1.29 is 9.18 Å². The molecular weight excluding hydrogens is 231 g/mol. The van der Waals surface area contributed by atoms with Gasteiger partial charge in [0.05, 0.1) is 5.56 Å². The smallest absolute Gasteiger partial charge is 0.254 e. The van der Waals surface area contributed by atoms with Gasteiger partial charge in [-0.15, -0.1) is 0 Å². The fourth-order valence-corrected chi connectivity index (χ4v) is 2.24. The van der Waals surface area contributed by atoms with Gasteiger partial charge >= 0.3 is 0 Å². The molecule has 0 saturated heterocycles. The molecular formula is C14H19FN2O. The molecule has 0 heterocycles. The van der Waals surface area contributed by atoms with E-state index in [4.69, 9.17) is 5.73 Å². The molecule has 0 spiro atoms. The van der Waals surface area contributed by atoms with Gasteiger partial charge in [0.25, 0.3) is 5.91 Å². The van der Waals surface area contributed by atoms with Gasteiger partial charge < -0.3 is 11.1 Å². The molecule has 0 aliphatic heterocycles. The summed E-state index contributed by atoms with van der Waals surface area (Å²) in [5.41, 5.74) is 6.65. The number of carbonyl (C=O) groups is 1. The van der Waals surface area contributed by atoms with Gasteiger partial charge in [0, 0.05) is 17.5 Å². The van der Waals surface area contributed by atoms with Gasteiger partial charge in [0.2, 0.25) is 0 Å². The van der Waals surface area contributed by atoms with E-state index in [-0.39, 0.29) is 29.0 Å². The van der Waals surface area contributed by atoms with E-state index < -0.39 is 5.82 Å². The van der Waals surface area contributed by atoms with E-state index in [2.05, 4.69) is 5.32 Å². The number of nitrogens with two attached hydrogens (primary N) is 1. The Bertz CT molecular complexity index is 485. The fraction of sp³-hybridized carbons (Fsp3) is 0.500. The Balaban J connectivity index is 2.09. The third-order valence-corrected chi connectivity index (χ3v) is 4.02. The first-order valence-electron chi connectivity index (χ1n) is 6.15. The van der Waals surface area contributed by atoms with Crippen molar-refractivity contribution in [1.82, 2.24) is 5.32 Å². The Kier molecular flexibility index (Phi) is 3.15. The van der Waals surface area contributed by atoms with Gasteiger partial charge in [-0.3, -0.25) is 4.79 Å². The second-order valence-electron chi connectivity index (χ2n) is 5.67. The molecule has 3 nitrogen and oxygen atoms in total. The molecule has 2 rings (SSSR count). The lowest BCUT2D eigenvalue weighted by Gasteiger charge is -2.50. The van der Waals surface area contributed by atoms with Crippen molar-refractivity contribution in [2.45, 2.75) is 39.3 Å². The Hall–Kier alpha value is -1.42. The number of carbonyl (C=O) groups excluding carboxylic acids is 1. The van der Waals surface area contributed by atoms with Crippen LogP contribution in [0.1, 0.15) is 36.2 Å². The SMILES string of the molecule is Cc1ccc(C(=O)NC2CC(N)C2(C)C)c(F)c1. The summed E-state index contributed by atoms with van der Waals surface area (Å²) in [4.78, 5) is 12.0. The van der Waals surface area contributed by atoms with Crippen molar-refractivity contribution in [1.29, 1.82) is 0 Å². The first-order chi connectivity index (χ1) is 8.32. The zero-order valence-corrected chi connectivity index (χ0v) is 11.0. The lowest BCUT2D eigenvalue weighted by atomic mass is 9.63. The molecule has 1 aliphatic rings. The quantitative estimate of drug-likeness (QED) is 0.843. The fourth-order valence-electron chi connectivity index (χ4n) is 2.24. The number of hydrogen-bond donors (Lipinski definition) is 2. The lowest BCUT2D eigenvalue weighted by molar-refractivity contribution is 0.0584. The van der Waals surface area contributed by atoms with Crippen LogP contribution < -0.4 is 11.1 Å². The Labute approximate surface area is 107 Å². The van der Waals surface area contributed by atoms with E-state index in [1.807, 2.05) is 13.8 Å². The standard InChI is InChI=1S/C14H19FN2O/c1-8-4-5-9(10(15)6-8)13(18)17-12-7-11(16)14(12,2)3/h4-6,11-12H,7,16H2,1-3H3,(H,17,18). The van der Waals surface area contributed by atoms with Crippen LogP contribution >= 0.6 is 0 Å². The van der Waals surface area contributed by atoms with Gasteiger partial charge in [-0.1, -0.05) is 19.9 Å². The van der Waals surface area contributed by atoms with Crippen LogP contribution in [0, 0.1) is 18.2 Å². The van der Waals surface area contributed by atoms with Crippen LogP contribution in [-0.4, -0.2) is 18.0 Å². The molecule has 18 heavy (non-hydrogen) atoms. The number of halogens is 1. The highest BCUT2D eigenvalue weighted by Gasteiger charge is 2.46. The number of aryl methyl sites for hydroxylation is 1. The van der Waals surface area contributed by atoms with Crippen LogP contribution in [0.2, 0.25) is 0 Å². The summed E-state index contributed by atoms with van der Waals surface area (Å²) in [6, 6.07) is 4.72. The van der Waals surface area contributed by atoms with Crippen LogP contribution in [0.15, 0.2) is 18.2 Å². The van der Waals surface area contributed by atoms with E-state index in [1.54, 1.807) is 13.0 Å². The van der Waals surface area contributed by atoms with E-state index >= 15 is 0 Å². The molecule has 0 bridgehead atoms. The molecule has 4 heteroatoms. The molecule has 0 radical (unpaired) electrons. The van der Waals surface area contributed by atoms with Crippen molar-refractivity contribution in [3.8, 4) is 0 Å². The first kappa shape index (κ1) is 13.0. The van der Waals surface area contributed by atoms with Crippen molar-refractivity contribution in [2.24, 2.45) is 11.1 Å². The maximum absolute atomic E-state index is 13.7. The molecule has 1 aromatic rings. The third-order valence-electron chi connectivity index (χ3n) is 4.02. The van der Waals surface area contributed by atoms with E-state index in [9.17, 15) is 9.18 Å². The third kappa shape index (κ3) is 2.12. The summed E-state index contributed by atoms with van der Waals surface area (Å²) in [5, 5.41) is 2.85. The van der Waals surface area contributed by atoms with Crippen LogP contribution in [0.25, 0.3) is 0 Å². The Morgan fingerprint density at radius 2 is 2.17 bits per heavy atom. The van der Waals surface area contributed by atoms with Gasteiger partial charge in [-0.05, 0) is 31.0 Å². The van der Waals surface area contributed by atoms with E-state index in [1.165, 1.54) is 12.1 Å². The highest BCUT2D eigenvalue weighted by molar-refractivity contribution is 5.94. The summed E-state index contributed by atoms with van der Waals surface area (Å²) in [7, 11) is 0. The van der Waals surface area contributed by atoms with Crippen molar-refractivity contribution in [3.63, 3.8) is 0 Å². The van der Waals surface area contributed by atoms with E-state index in [0.717, 1.165) is 12.0 Å². The van der Waals surface area contributed by atoms with Gasteiger partial charge in [-0.2, -0.15) is 0 Å². The van der Waals surface area contributed by atoms with Crippen LogP contribution in [-0.2, 0) is 0 Å². The first-order valence-corrected chi connectivity index (χ1v) is 6.15. The molecule has 2 unspecified atom stereocenters. The number of rotatable bonds is 2. The Morgan fingerprint density at radius 1 is 1.50 bits per heavy atom. The van der Waals surface area contributed by atoms with Crippen molar-refractivity contribution >= 4 is 5.91 Å². The molecule has 2 atom stereocenters. The maximum Gasteiger partial charge on any atom is 0.254 e. The van der Waals surface area contributed by atoms with Gasteiger partial charge in [0.15, 0.2) is 0 Å². The monoisotopic (exact) mass is 250 g/mol. The lowest BCUT2D eigenvalue weighted by Crippen LogP contribution is -2.64. The molecule has 0 aromatic heterocycles. The molecule has 1 aliphatic carbocycles. The second kappa shape index (κ2) is 4.35. The zero-order valence-electron chi connectivity index (χ0n) is 11.0. The highest BCUT2D eigenvalue weighted by Crippen LogP contribution is 2.39. The average Bonchev–Trinajstić information content (AvgIpc) is 2.28. The van der Waals surface area contributed by atoms with Gasteiger partial charge in [-0.25, -0.2) is 4.39 Å². The molecule has 1 amide bonds. The molecule has 1 fully saturated rings. The van der Waals surface area contributed by atoms with Gasteiger partial charge in [0.1, 0.15) is 5.82 Å². The predicted molar refractivity (Wildman–Crippen MR) is 68.8 cm³/mol.